The van der Waals surface area contributed by atoms with E-state index < -0.39 is 64.4 Å². The Morgan fingerprint density at radius 3 is 2.62 bits per heavy atom. The molecule has 0 amide bonds. The van der Waals surface area contributed by atoms with Crippen LogP contribution in [0.1, 0.15) is 60.3 Å². The highest BCUT2D eigenvalue weighted by Crippen LogP contribution is 2.72. The van der Waals surface area contributed by atoms with E-state index in [0.29, 0.717) is 24.8 Å². The molecule has 1 saturated heterocycles. The summed E-state index contributed by atoms with van der Waals surface area (Å²) in [5, 5.41) is 11.5. The Bertz CT molecular complexity index is 1030. The SMILES string of the molecule is CC(=O)OCC(=O)[C@]12OC(C)(C)O[C@H]1C[C@@H]1[C@H]3CCC4=CC(=O)C=C[C@]4(C)[C@]3(F)[C@@H](O)C[C@@]12C. The molecule has 5 rings (SSSR count). The number of allylic oxidation sites excluding steroid dienone is 4. The van der Waals surface area contributed by atoms with Crippen LogP contribution in [0.2, 0.25) is 0 Å². The van der Waals surface area contributed by atoms with Crippen LogP contribution in [0.15, 0.2) is 23.8 Å². The molecule has 0 radical (unpaired) electrons. The van der Waals surface area contributed by atoms with Gasteiger partial charge in [0.05, 0.1) is 12.2 Å². The highest BCUT2D eigenvalue weighted by atomic mass is 19.1. The van der Waals surface area contributed by atoms with E-state index in [9.17, 15) is 19.5 Å². The molecule has 0 aromatic heterocycles. The second-order valence-corrected chi connectivity index (χ2v) is 11.5. The van der Waals surface area contributed by atoms with Crippen LogP contribution >= 0.6 is 0 Å². The van der Waals surface area contributed by atoms with E-state index in [1.807, 2.05) is 6.92 Å². The van der Waals surface area contributed by atoms with Gasteiger partial charge in [0, 0.05) is 23.7 Å². The number of alkyl halides is 1. The minimum absolute atomic E-state index is 0.0168. The normalized spacial score (nSPS) is 48.3. The Hall–Kier alpha value is -1.90. The largest absolute Gasteiger partial charge is 0.458 e. The summed E-state index contributed by atoms with van der Waals surface area (Å²) in [4.78, 5) is 37.1. The third kappa shape index (κ3) is 2.76. The molecule has 0 spiro atoms. The number of fused-ring (bicyclic) bond motifs is 7. The van der Waals surface area contributed by atoms with E-state index in [1.165, 1.54) is 19.1 Å². The molecule has 34 heavy (non-hydrogen) atoms. The molecule has 3 saturated carbocycles. The predicted molar refractivity (Wildman–Crippen MR) is 118 cm³/mol. The molecular formula is C26H33FO7. The van der Waals surface area contributed by atoms with Crippen LogP contribution in [0.3, 0.4) is 0 Å². The Morgan fingerprint density at radius 2 is 1.94 bits per heavy atom. The van der Waals surface area contributed by atoms with Gasteiger partial charge >= 0.3 is 5.97 Å². The zero-order chi connectivity index (χ0) is 24.9. The van der Waals surface area contributed by atoms with Gasteiger partial charge in [-0.1, -0.05) is 18.6 Å². The van der Waals surface area contributed by atoms with E-state index in [1.54, 1.807) is 26.8 Å². The van der Waals surface area contributed by atoms with Crippen LogP contribution < -0.4 is 0 Å². The maximum atomic E-state index is 17.3. The van der Waals surface area contributed by atoms with E-state index in [4.69, 9.17) is 14.2 Å². The Kier molecular flexibility index (Phi) is 4.96. The zero-order valence-corrected chi connectivity index (χ0v) is 20.4. The number of carbonyl (C=O) groups is 3. The smallest absolute Gasteiger partial charge is 0.303 e. The molecule has 0 unspecified atom stereocenters. The molecule has 186 valence electrons. The standard InChI is InChI=1S/C26H33FO7/c1-14(28)32-13-20(31)26-21(33-22(2,3)34-26)11-18-17-7-6-15-10-16(29)8-9-23(15,4)25(17,27)19(30)12-24(18,26)5/h8-10,17-19,21,30H,6-7,11-13H2,1-5H3/t17-,18-,19+,21+,23+,24+,25-,26+/m1/s1. The first-order valence-corrected chi connectivity index (χ1v) is 12.1. The van der Waals surface area contributed by atoms with Crippen molar-refractivity contribution >= 4 is 17.5 Å². The molecule has 1 N–H and O–H groups in total. The number of Topliss-reactive ketones (excluding diaryl/α,β-unsaturated/α-hetero) is 1. The summed E-state index contributed by atoms with van der Waals surface area (Å²) in [6.07, 6.45) is 3.81. The number of esters is 1. The van der Waals surface area contributed by atoms with Crippen LogP contribution in [0, 0.1) is 22.7 Å². The van der Waals surface area contributed by atoms with Gasteiger partial charge in [0.25, 0.3) is 0 Å². The molecule has 1 heterocycles. The van der Waals surface area contributed by atoms with Crippen molar-refractivity contribution in [2.45, 2.75) is 89.6 Å². The third-order valence-corrected chi connectivity index (χ3v) is 9.45. The summed E-state index contributed by atoms with van der Waals surface area (Å²) in [7, 11) is 0. The van der Waals surface area contributed by atoms with Crippen molar-refractivity contribution in [1.82, 2.24) is 0 Å². The minimum Gasteiger partial charge on any atom is -0.458 e. The van der Waals surface area contributed by atoms with Crippen LogP contribution in [0.4, 0.5) is 4.39 Å². The number of halogens is 1. The maximum absolute atomic E-state index is 17.3. The van der Waals surface area contributed by atoms with Gasteiger partial charge in [0.1, 0.15) is 0 Å². The molecule has 4 fully saturated rings. The van der Waals surface area contributed by atoms with Gasteiger partial charge in [-0.3, -0.25) is 14.4 Å². The van der Waals surface area contributed by atoms with E-state index in [2.05, 4.69) is 0 Å². The molecule has 5 aliphatic rings. The second-order valence-electron chi connectivity index (χ2n) is 11.5. The number of carbonyl (C=O) groups excluding carboxylic acids is 3. The Balaban J connectivity index is 1.60. The van der Waals surface area contributed by atoms with Gasteiger partial charge in [-0.15, -0.1) is 0 Å². The number of hydrogen-bond donors (Lipinski definition) is 1. The molecule has 4 aliphatic carbocycles. The van der Waals surface area contributed by atoms with E-state index >= 15 is 4.39 Å². The summed E-state index contributed by atoms with van der Waals surface area (Å²) in [5.41, 5.74) is -4.82. The van der Waals surface area contributed by atoms with Crippen LogP contribution in [-0.2, 0) is 28.6 Å². The fourth-order valence-electron chi connectivity index (χ4n) is 8.08. The fourth-order valence-corrected chi connectivity index (χ4v) is 8.08. The van der Waals surface area contributed by atoms with Crippen molar-refractivity contribution in [2.75, 3.05) is 6.61 Å². The zero-order valence-electron chi connectivity index (χ0n) is 20.4. The Labute approximate surface area is 198 Å². The summed E-state index contributed by atoms with van der Waals surface area (Å²) in [5.74, 6) is -3.11. The molecule has 7 nitrogen and oxygen atoms in total. The number of rotatable bonds is 3. The number of aliphatic hydroxyl groups excluding tert-OH is 1. The topological polar surface area (TPSA) is 99.1 Å². The number of ether oxygens (including phenoxy) is 3. The lowest BCUT2D eigenvalue weighted by Gasteiger charge is -2.62. The predicted octanol–water partition coefficient (Wildman–Crippen LogP) is 2.99. The van der Waals surface area contributed by atoms with Crippen LogP contribution in [0.25, 0.3) is 0 Å². The van der Waals surface area contributed by atoms with Crippen molar-refractivity contribution in [1.29, 1.82) is 0 Å². The lowest BCUT2D eigenvalue weighted by molar-refractivity contribution is -0.246. The molecule has 0 bridgehead atoms. The van der Waals surface area contributed by atoms with Crippen molar-refractivity contribution in [3.63, 3.8) is 0 Å². The van der Waals surface area contributed by atoms with Gasteiger partial charge in [-0.2, -0.15) is 0 Å². The van der Waals surface area contributed by atoms with Crippen molar-refractivity contribution in [3.8, 4) is 0 Å². The fraction of sp³-hybridized carbons (Fsp3) is 0.731. The highest BCUT2D eigenvalue weighted by Gasteiger charge is 2.80. The van der Waals surface area contributed by atoms with Gasteiger partial charge in [-0.25, -0.2) is 4.39 Å². The average Bonchev–Trinajstić information content (AvgIpc) is 3.14. The molecule has 8 heteroatoms. The van der Waals surface area contributed by atoms with E-state index in [-0.39, 0.29) is 18.1 Å². The monoisotopic (exact) mass is 476 g/mol. The summed E-state index contributed by atoms with van der Waals surface area (Å²) in [6.45, 7) is 7.86. The number of hydrogen-bond acceptors (Lipinski definition) is 7. The quantitative estimate of drug-likeness (QED) is 0.625. The molecule has 0 aromatic rings. The first kappa shape index (κ1) is 23.8. The number of aliphatic hydroxyl groups is 1. The average molecular weight is 477 g/mol. The minimum atomic E-state index is -2.01. The van der Waals surface area contributed by atoms with Crippen molar-refractivity contribution in [2.24, 2.45) is 22.7 Å². The maximum Gasteiger partial charge on any atom is 0.303 e. The van der Waals surface area contributed by atoms with Crippen LogP contribution in [0.5, 0.6) is 0 Å². The first-order chi connectivity index (χ1) is 15.7. The van der Waals surface area contributed by atoms with E-state index in [0.717, 1.165) is 0 Å². The second kappa shape index (κ2) is 7.08. The number of ketones is 2. The lowest BCUT2D eigenvalue weighted by atomic mass is 9.44. The molecule has 1 aliphatic heterocycles. The van der Waals surface area contributed by atoms with Crippen molar-refractivity contribution in [3.05, 3.63) is 23.8 Å². The first-order valence-electron chi connectivity index (χ1n) is 12.1. The lowest BCUT2D eigenvalue weighted by Crippen LogP contribution is -2.70. The highest BCUT2D eigenvalue weighted by molar-refractivity contribution is 6.01. The molecule has 0 aromatic carbocycles. The molecular weight excluding hydrogens is 443 g/mol. The van der Waals surface area contributed by atoms with Gasteiger partial charge in [0.15, 0.2) is 29.4 Å². The van der Waals surface area contributed by atoms with Crippen molar-refractivity contribution < 1.29 is 38.1 Å². The van der Waals surface area contributed by atoms with Gasteiger partial charge in [-0.05, 0) is 64.5 Å². The van der Waals surface area contributed by atoms with Gasteiger partial charge in [0.2, 0.25) is 5.78 Å². The third-order valence-electron chi connectivity index (χ3n) is 9.45. The summed E-state index contributed by atoms with van der Waals surface area (Å²) in [6, 6.07) is 0. The molecule has 8 atom stereocenters. The van der Waals surface area contributed by atoms with Gasteiger partial charge < -0.3 is 19.3 Å². The Morgan fingerprint density at radius 1 is 1.24 bits per heavy atom. The summed E-state index contributed by atoms with van der Waals surface area (Å²) < 4.78 is 34.9. The van der Waals surface area contributed by atoms with Crippen LogP contribution in [-0.4, -0.2) is 58.5 Å². The summed E-state index contributed by atoms with van der Waals surface area (Å²) >= 11 is 0.